The molecule has 0 fully saturated rings. The van der Waals surface area contributed by atoms with E-state index in [0.29, 0.717) is 12.5 Å². The Labute approximate surface area is 114 Å². The average Bonchev–Trinajstić information content (AvgIpc) is 2.80. The van der Waals surface area contributed by atoms with E-state index >= 15 is 0 Å². The van der Waals surface area contributed by atoms with E-state index in [1.165, 1.54) is 11.3 Å². The first-order valence-electron chi connectivity index (χ1n) is 5.45. The van der Waals surface area contributed by atoms with Crippen LogP contribution in [0.3, 0.4) is 0 Å². The summed E-state index contributed by atoms with van der Waals surface area (Å²) in [4.78, 5) is 0.629. The van der Waals surface area contributed by atoms with Crippen LogP contribution >= 0.6 is 11.3 Å². The number of nitrogens with one attached hydrogen (secondary N) is 1. The van der Waals surface area contributed by atoms with Gasteiger partial charge in [-0.3, -0.25) is 0 Å². The summed E-state index contributed by atoms with van der Waals surface area (Å²) < 4.78 is 51.9. The summed E-state index contributed by atoms with van der Waals surface area (Å²) in [5, 5.41) is 1.89. The third kappa shape index (κ3) is 3.82. The van der Waals surface area contributed by atoms with Crippen LogP contribution in [0.15, 0.2) is 40.6 Å². The fourth-order valence-corrected chi connectivity index (χ4v) is 3.31. The van der Waals surface area contributed by atoms with Gasteiger partial charge in [0.05, 0.1) is 4.90 Å². The molecule has 0 aliphatic heterocycles. The third-order valence-corrected chi connectivity index (χ3v) is 4.77. The Hall–Kier alpha value is -1.31. The van der Waals surface area contributed by atoms with Crippen molar-refractivity contribution in [2.24, 2.45) is 0 Å². The van der Waals surface area contributed by atoms with Gasteiger partial charge in [-0.05, 0) is 30.0 Å². The fourth-order valence-electron chi connectivity index (χ4n) is 1.53. The van der Waals surface area contributed by atoms with Crippen molar-refractivity contribution in [1.82, 2.24) is 4.72 Å². The number of halogens is 2. The largest absolute Gasteiger partial charge is 0.240 e. The molecule has 1 aromatic heterocycles. The molecule has 0 atom stereocenters. The lowest BCUT2D eigenvalue weighted by Gasteiger charge is -2.06. The Kier molecular flexibility index (Phi) is 4.28. The molecule has 2 aromatic rings. The normalized spacial score (nSPS) is 11.7. The highest BCUT2D eigenvalue weighted by Crippen LogP contribution is 2.14. The second-order valence-electron chi connectivity index (χ2n) is 3.83. The van der Waals surface area contributed by atoms with Gasteiger partial charge >= 0.3 is 0 Å². The minimum atomic E-state index is -3.88. The van der Waals surface area contributed by atoms with Gasteiger partial charge in [-0.2, -0.15) is 0 Å². The fraction of sp³-hybridized carbons (Fsp3) is 0.167. The van der Waals surface area contributed by atoms with Crippen LogP contribution in [0.4, 0.5) is 8.78 Å². The van der Waals surface area contributed by atoms with Crippen LogP contribution in [-0.2, 0) is 16.4 Å². The van der Waals surface area contributed by atoms with E-state index in [-0.39, 0.29) is 6.54 Å². The molecule has 1 heterocycles. The number of hydrogen-bond acceptors (Lipinski definition) is 3. The second kappa shape index (κ2) is 5.77. The highest BCUT2D eigenvalue weighted by Gasteiger charge is 2.15. The first kappa shape index (κ1) is 14.1. The van der Waals surface area contributed by atoms with E-state index < -0.39 is 26.6 Å². The zero-order valence-corrected chi connectivity index (χ0v) is 11.4. The first-order valence-corrected chi connectivity index (χ1v) is 7.82. The van der Waals surface area contributed by atoms with Crippen LogP contribution in [0, 0.1) is 11.6 Å². The Bertz CT molecular complexity index is 634. The van der Waals surface area contributed by atoms with E-state index in [1.54, 1.807) is 0 Å². The van der Waals surface area contributed by atoms with Gasteiger partial charge in [0.2, 0.25) is 10.0 Å². The van der Waals surface area contributed by atoms with Crippen molar-refractivity contribution in [3.8, 4) is 0 Å². The number of sulfonamides is 1. The van der Waals surface area contributed by atoms with Gasteiger partial charge in [-0.1, -0.05) is 6.07 Å². The molecule has 0 unspecified atom stereocenters. The van der Waals surface area contributed by atoms with Gasteiger partial charge in [0.15, 0.2) is 0 Å². The van der Waals surface area contributed by atoms with Gasteiger partial charge in [0.25, 0.3) is 0 Å². The van der Waals surface area contributed by atoms with Crippen LogP contribution < -0.4 is 4.72 Å². The van der Waals surface area contributed by atoms with Crippen LogP contribution in [-0.4, -0.2) is 15.0 Å². The molecule has 2 rings (SSSR count). The van der Waals surface area contributed by atoms with E-state index in [0.717, 1.165) is 17.0 Å². The van der Waals surface area contributed by atoms with E-state index in [2.05, 4.69) is 4.72 Å². The summed E-state index contributed by atoms with van der Waals surface area (Å²) in [7, 11) is -3.88. The molecule has 1 N–H and O–H groups in total. The van der Waals surface area contributed by atoms with Crippen molar-refractivity contribution in [3.63, 3.8) is 0 Å². The Morgan fingerprint density at radius 1 is 1.16 bits per heavy atom. The van der Waals surface area contributed by atoms with Crippen LogP contribution in [0.2, 0.25) is 0 Å². The van der Waals surface area contributed by atoms with Crippen molar-refractivity contribution in [2.45, 2.75) is 11.3 Å². The maximum Gasteiger partial charge on any atom is 0.240 e. The number of thiophene rings is 1. The summed E-state index contributed by atoms with van der Waals surface area (Å²) >= 11 is 1.52. The Balaban J connectivity index is 2.05. The van der Waals surface area contributed by atoms with Gasteiger partial charge in [-0.25, -0.2) is 21.9 Å². The molecule has 0 aliphatic carbocycles. The van der Waals surface area contributed by atoms with Crippen molar-refractivity contribution in [2.75, 3.05) is 6.54 Å². The predicted octanol–water partition coefficient (Wildman–Crippen LogP) is 2.55. The number of rotatable bonds is 5. The molecule has 3 nitrogen and oxygen atoms in total. The van der Waals surface area contributed by atoms with Gasteiger partial charge < -0.3 is 0 Å². The Morgan fingerprint density at radius 3 is 2.42 bits per heavy atom. The standard InChI is InChI=1S/C12H11F2NO2S2/c13-9-6-10(14)8-12(7-9)19(16,17)15-4-3-11-2-1-5-18-11/h1-2,5-8,15H,3-4H2. The van der Waals surface area contributed by atoms with E-state index in [4.69, 9.17) is 0 Å². The number of hydrogen-bond donors (Lipinski definition) is 1. The molecule has 1 aromatic carbocycles. The molecule has 0 radical (unpaired) electrons. The smallest absolute Gasteiger partial charge is 0.211 e. The first-order chi connectivity index (χ1) is 8.97. The predicted molar refractivity (Wildman–Crippen MR) is 69.6 cm³/mol. The van der Waals surface area contributed by atoms with Gasteiger partial charge in [0, 0.05) is 17.5 Å². The van der Waals surface area contributed by atoms with Crippen molar-refractivity contribution in [3.05, 3.63) is 52.2 Å². The van der Waals surface area contributed by atoms with E-state index in [9.17, 15) is 17.2 Å². The average molecular weight is 303 g/mol. The lowest BCUT2D eigenvalue weighted by Crippen LogP contribution is -2.26. The summed E-state index contributed by atoms with van der Waals surface area (Å²) in [5.74, 6) is -1.84. The molecule has 102 valence electrons. The third-order valence-electron chi connectivity index (χ3n) is 2.39. The summed E-state index contributed by atoms with van der Waals surface area (Å²) in [6.07, 6.45) is 0.536. The monoisotopic (exact) mass is 303 g/mol. The topological polar surface area (TPSA) is 46.2 Å². The molecular weight excluding hydrogens is 292 g/mol. The molecule has 0 spiro atoms. The molecule has 19 heavy (non-hydrogen) atoms. The minimum absolute atomic E-state index is 0.182. The lowest BCUT2D eigenvalue weighted by molar-refractivity contribution is 0.561. The SMILES string of the molecule is O=S(=O)(NCCc1cccs1)c1cc(F)cc(F)c1. The summed E-state index contributed by atoms with van der Waals surface area (Å²) in [6, 6.07) is 5.97. The van der Waals surface area contributed by atoms with Gasteiger partial charge in [0.1, 0.15) is 11.6 Å². The van der Waals surface area contributed by atoms with Crippen LogP contribution in [0.25, 0.3) is 0 Å². The molecule has 0 amide bonds. The molecule has 0 bridgehead atoms. The summed E-state index contributed by atoms with van der Waals surface area (Å²) in [6.45, 7) is 0.182. The number of benzene rings is 1. The zero-order chi connectivity index (χ0) is 13.9. The second-order valence-corrected chi connectivity index (χ2v) is 6.63. The van der Waals surface area contributed by atoms with Crippen LogP contribution in [0.1, 0.15) is 4.88 Å². The molecular formula is C12H11F2NO2S2. The summed E-state index contributed by atoms with van der Waals surface area (Å²) in [5.41, 5.74) is 0. The van der Waals surface area contributed by atoms with Gasteiger partial charge in [-0.15, -0.1) is 11.3 Å². The maximum absolute atomic E-state index is 13.0. The molecule has 7 heteroatoms. The lowest BCUT2D eigenvalue weighted by atomic mass is 10.3. The molecule has 0 aliphatic rings. The van der Waals surface area contributed by atoms with Crippen molar-refractivity contribution < 1.29 is 17.2 Å². The molecule has 0 saturated carbocycles. The minimum Gasteiger partial charge on any atom is -0.211 e. The van der Waals surface area contributed by atoms with Crippen molar-refractivity contribution in [1.29, 1.82) is 0 Å². The zero-order valence-electron chi connectivity index (χ0n) is 9.77. The quantitative estimate of drug-likeness (QED) is 0.922. The van der Waals surface area contributed by atoms with Crippen LogP contribution in [0.5, 0.6) is 0 Å². The Morgan fingerprint density at radius 2 is 1.84 bits per heavy atom. The van der Waals surface area contributed by atoms with Crippen molar-refractivity contribution >= 4 is 21.4 Å². The highest BCUT2D eigenvalue weighted by molar-refractivity contribution is 7.89. The molecule has 0 saturated heterocycles. The highest BCUT2D eigenvalue weighted by atomic mass is 32.2. The van der Waals surface area contributed by atoms with E-state index in [1.807, 2.05) is 17.5 Å². The maximum atomic E-state index is 13.0.